The highest BCUT2D eigenvalue weighted by Crippen LogP contribution is 2.37. The average molecular weight is 296 g/mol. The maximum absolute atomic E-state index is 12.5. The van der Waals surface area contributed by atoms with Crippen LogP contribution in [-0.4, -0.2) is 35.9 Å². The number of thiazole rings is 1. The molecular weight excluding hydrogens is 272 g/mol. The van der Waals surface area contributed by atoms with Gasteiger partial charge in [0.15, 0.2) is 5.13 Å². The van der Waals surface area contributed by atoms with Crippen LogP contribution in [0.4, 0.5) is 10.9 Å². The fourth-order valence-corrected chi connectivity index (χ4v) is 3.51. The summed E-state index contributed by atoms with van der Waals surface area (Å²) in [6.07, 6.45) is 4.45. The Kier molecular flexibility index (Phi) is 4.22. The Morgan fingerprint density at radius 3 is 2.55 bits per heavy atom. The van der Waals surface area contributed by atoms with E-state index in [4.69, 9.17) is 5.73 Å². The SMILES string of the molecule is CNc1nc(N)c(C(=O)N(C)C2CCC(C)(C)CC2)s1. The zero-order valence-electron chi connectivity index (χ0n) is 12.7. The average Bonchev–Trinajstić information content (AvgIpc) is 2.78. The Hall–Kier alpha value is -1.30. The van der Waals surface area contributed by atoms with E-state index in [0.717, 1.165) is 25.7 Å². The highest BCUT2D eigenvalue weighted by atomic mass is 32.1. The van der Waals surface area contributed by atoms with Crippen molar-refractivity contribution in [2.75, 3.05) is 25.1 Å². The van der Waals surface area contributed by atoms with Crippen LogP contribution in [0.2, 0.25) is 0 Å². The Morgan fingerprint density at radius 2 is 2.05 bits per heavy atom. The highest BCUT2D eigenvalue weighted by molar-refractivity contribution is 7.18. The number of nitrogen functional groups attached to an aromatic ring is 1. The number of amides is 1. The number of aromatic nitrogens is 1. The van der Waals surface area contributed by atoms with Crippen LogP contribution in [0.1, 0.15) is 49.2 Å². The molecule has 0 bridgehead atoms. The maximum Gasteiger partial charge on any atom is 0.267 e. The molecule has 1 amide bonds. The number of carbonyl (C=O) groups is 1. The third-order valence-corrected chi connectivity index (χ3v) is 5.31. The van der Waals surface area contributed by atoms with Gasteiger partial charge in [0.25, 0.3) is 5.91 Å². The third kappa shape index (κ3) is 3.06. The summed E-state index contributed by atoms with van der Waals surface area (Å²) in [6.45, 7) is 4.59. The molecule has 1 heterocycles. The molecule has 1 aromatic heterocycles. The Balaban J connectivity index is 2.07. The predicted molar refractivity (Wildman–Crippen MR) is 84.2 cm³/mol. The van der Waals surface area contributed by atoms with Gasteiger partial charge in [0.2, 0.25) is 0 Å². The Labute approximate surface area is 124 Å². The van der Waals surface area contributed by atoms with Gasteiger partial charge in [-0.1, -0.05) is 25.2 Å². The van der Waals surface area contributed by atoms with Crippen molar-refractivity contribution in [3.8, 4) is 0 Å². The van der Waals surface area contributed by atoms with Crippen molar-refractivity contribution in [3.63, 3.8) is 0 Å². The van der Waals surface area contributed by atoms with Crippen molar-refractivity contribution in [1.82, 2.24) is 9.88 Å². The first-order chi connectivity index (χ1) is 9.34. The van der Waals surface area contributed by atoms with Crippen molar-refractivity contribution in [1.29, 1.82) is 0 Å². The lowest BCUT2D eigenvalue weighted by Gasteiger charge is -2.38. The largest absolute Gasteiger partial charge is 0.382 e. The van der Waals surface area contributed by atoms with Crippen LogP contribution in [0.25, 0.3) is 0 Å². The monoisotopic (exact) mass is 296 g/mol. The van der Waals surface area contributed by atoms with Crippen LogP contribution in [0.15, 0.2) is 0 Å². The fourth-order valence-electron chi connectivity index (χ4n) is 2.69. The molecule has 3 N–H and O–H groups in total. The molecule has 0 saturated heterocycles. The highest BCUT2D eigenvalue weighted by Gasteiger charge is 2.32. The van der Waals surface area contributed by atoms with Gasteiger partial charge in [-0.25, -0.2) is 4.98 Å². The molecule has 0 radical (unpaired) electrons. The van der Waals surface area contributed by atoms with Crippen LogP contribution in [0, 0.1) is 5.41 Å². The van der Waals surface area contributed by atoms with Crippen LogP contribution in [0.3, 0.4) is 0 Å². The number of nitrogens with two attached hydrogens (primary N) is 1. The molecule has 112 valence electrons. The second-order valence-electron chi connectivity index (χ2n) is 6.29. The van der Waals surface area contributed by atoms with E-state index in [1.54, 1.807) is 7.05 Å². The van der Waals surface area contributed by atoms with Gasteiger partial charge in [-0.05, 0) is 31.1 Å². The van der Waals surface area contributed by atoms with Gasteiger partial charge in [0, 0.05) is 20.1 Å². The summed E-state index contributed by atoms with van der Waals surface area (Å²) < 4.78 is 0. The summed E-state index contributed by atoms with van der Waals surface area (Å²) in [5, 5.41) is 3.61. The fraction of sp³-hybridized carbons (Fsp3) is 0.714. The van der Waals surface area contributed by atoms with E-state index in [1.165, 1.54) is 11.3 Å². The lowest BCUT2D eigenvalue weighted by atomic mass is 9.75. The zero-order chi connectivity index (χ0) is 14.9. The minimum Gasteiger partial charge on any atom is -0.382 e. The van der Waals surface area contributed by atoms with Crippen LogP contribution in [-0.2, 0) is 0 Å². The van der Waals surface area contributed by atoms with E-state index in [0.29, 0.717) is 27.3 Å². The van der Waals surface area contributed by atoms with Crippen LogP contribution >= 0.6 is 11.3 Å². The summed E-state index contributed by atoms with van der Waals surface area (Å²) in [7, 11) is 3.66. The van der Waals surface area contributed by atoms with Crippen molar-refractivity contribution in [2.45, 2.75) is 45.6 Å². The normalized spacial score (nSPS) is 18.8. The van der Waals surface area contributed by atoms with E-state index in [-0.39, 0.29) is 5.91 Å². The summed E-state index contributed by atoms with van der Waals surface area (Å²) in [5.74, 6) is 0.318. The number of nitrogens with zero attached hydrogens (tertiary/aromatic N) is 2. The molecule has 1 aliphatic rings. The Bertz CT molecular complexity index is 487. The second-order valence-corrected chi connectivity index (χ2v) is 7.29. The molecule has 6 heteroatoms. The first-order valence-electron chi connectivity index (χ1n) is 7.05. The van der Waals surface area contributed by atoms with E-state index < -0.39 is 0 Å². The van der Waals surface area contributed by atoms with Gasteiger partial charge >= 0.3 is 0 Å². The topological polar surface area (TPSA) is 71.2 Å². The smallest absolute Gasteiger partial charge is 0.267 e. The van der Waals surface area contributed by atoms with E-state index in [9.17, 15) is 4.79 Å². The van der Waals surface area contributed by atoms with Gasteiger partial charge in [-0.3, -0.25) is 4.79 Å². The number of hydrogen-bond acceptors (Lipinski definition) is 5. The zero-order valence-corrected chi connectivity index (χ0v) is 13.5. The van der Waals surface area contributed by atoms with Crippen molar-refractivity contribution >= 4 is 28.2 Å². The second kappa shape index (κ2) is 5.60. The molecule has 2 rings (SSSR count). The minimum absolute atomic E-state index is 0.00814. The van der Waals surface area contributed by atoms with Crippen molar-refractivity contribution in [2.24, 2.45) is 5.41 Å². The molecule has 0 aromatic carbocycles. The summed E-state index contributed by atoms with van der Waals surface area (Å²) in [4.78, 5) is 19.1. The first kappa shape index (κ1) is 15.1. The van der Waals surface area contributed by atoms with Gasteiger partial charge in [0.05, 0.1) is 0 Å². The Morgan fingerprint density at radius 1 is 1.45 bits per heavy atom. The maximum atomic E-state index is 12.5. The molecule has 5 nitrogen and oxygen atoms in total. The number of carbonyl (C=O) groups excluding carboxylic acids is 1. The minimum atomic E-state index is -0.00814. The standard InChI is InChI=1S/C14H24N4OS/c1-14(2)7-5-9(6-8-14)18(4)12(19)10-11(15)17-13(16-3)20-10/h9H,5-8,15H2,1-4H3,(H,16,17). The molecule has 0 atom stereocenters. The quantitative estimate of drug-likeness (QED) is 0.899. The van der Waals surface area contributed by atoms with Gasteiger partial charge in [0.1, 0.15) is 10.7 Å². The molecule has 1 aromatic rings. The third-order valence-electron chi connectivity index (χ3n) is 4.24. The van der Waals surface area contributed by atoms with Gasteiger partial charge in [-0.2, -0.15) is 0 Å². The number of rotatable bonds is 3. The lowest BCUT2D eigenvalue weighted by Crippen LogP contribution is -2.40. The molecule has 1 aliphatic carbocycles. The summed E-state index contributed by atoms with van der Waals surface area (Å²) in [6, 6.07) is 0.315. The van der Waals surface area contributed by atoms with Crippen molar-refractivity contribution in [3.05, 3.63) is 4.88 Å². The number of anilines is 2. The number of nitrogens with one attached hydrogen (secondary N) is 1. The number of hydrogen-bond donors (Lipinski definition) is 2. The van der Waals surface area contributed by atoms with E-state index in [2.05, 4.69) is 24.1 Å². The molecular formula is C14H24N4OS. The van der Waals surface area contributed by atoms with E-state index >= 15 is 0 Å². The first-order valence-corrected chi connectivity index (χ1v) is 7.87. The molecule has 0 aliphatic heterocycles. The summed E-state index contributed by atoms with van der Waals surface area (Å²) >= 11 is 1.32. The van der Waals surface area contributed by atoms with Crippen LogP contribution in [0.5, 0.6) is 0 Å². The van der Waals surface area contributed by atoms with Crippen molar-refractivity contribution < 1.29 is 4.79 Å². The van der Waals surface area contributed by atoms with Gasteiger partial charge < -0.3 is 16.0 Å². The molecule has 0 unspecified atom stereocenters. The predicted octanol–water partition coefficient (Wildman–Crippen LogP) is 2.81. The molecule has 0 spiro atoms. The van der Waals surface area contributed by atoms with Crippen LogP contribution < -0.4 is 11.1 Å². The van der Waals surface area contributed by atoms with E-state index in [1.807, 2.05) is 11.9 Å². The lowest BCUT2D eigenvalue weighted by molar-refractivity contribution is 0.0641. The molecule has 1 saturated carbocycles. The molecule has 1 fully saturated rings. The summed E-state index contributed by atoms with van der Waals surface area (Å²) in [5.41, 5.74) is 6.25. The van der Waals surface area contributed by atoms with Gasteiger partial charge in [-0.15, -0.1) is 0 Å². The molecule has 20 heavy (non-hydrogen) atoms.